The Kier molecular flexibility index (Phi) is 6.04. The van der Waals surface area contributed by atoms with Gasteiger partial charge in [0.1, 0.15) is 0 Å². The molecule has 0 spiro atoms. The summed E-state index contributed by atoms with van der Waals surface area (Å²) >= 11 is 0. The molecule has 1 saturated heterocycles. The van der Waals surface area contributed by atoms with Gasteiger partial charge in [0.05, 0.1) is 18.2 Å². The first-order valence-electron chi connectivity index (χ1n) is 8.55. The highest BCUT2D eigenvalue weighted by atomic mass is 32.2. The minimum absolute atomic E-state index is 0.0355. The summed E-state index contributed by atoms with van der Waals surface area (Å²) in [6, 6.07) is 6.22. The van der Waals surface area contributed by atoms with E-state index in [4.69, 9.17) is 0 Å². The number of sulfonamides is 1. The molecule has 134 valence electrons. The van der Waals surface area contributed by atoms with E-state index in [0.29, 0.717) is 6.54 Å². The second-order valence-corrected chi connectivity index (χ2v) is 8.77. The van der Waals surface area contributed by atoms with Crippen LogP contribution in [0.1, 0.15) is 48.9 Å². The standard InChI is InChI=1S/C18H28N2O3S/c1-5-17(16-9-8-13(2)11-14(16)3)19-18(21)15-7-6-10-20(12-15)24(4,22)23/h8-9,11,15,17H,5-7,10,12H2,1-4H3,(H,19,21). The summed E-state index contributed by atoms with van der Waals surface area (Å²) in [5.41, 5.74) is 3.50. The predicted molar refractivity (Wildman–Crippen MR) is 96.2 cm³/mol. The van der Waals surface area contributed by atoms with Crippen LogP contribution in [0.5, 0.6) is 0 Å². The van der Waals surface area contributed by atoms with Crippen LogP contribution in [0.25, 0.3) is 0 Å². The molecule has 2 atom stereocenters. The first kappa shape index (κ1) is 18.9. The van der Waals surface area contributed by atoms with Crippen molar-refractivity contribution in [2.24, 2.45) is 5.92 Å². The van der Waals surface area contributed by atoms with E-state index in [2.05, 4.69) is 37.4 Å². The van der Waals surface area contributed by atoms with Gasteiger partial charge >= 0.3 is 0 Å². The molecule has 0 aromatic heterocycles. The van der Waals surface area contributed by atoms with Gasteiger partial charge in [0.2, 0.25) is 15.9 Å². The van der Waals surface area contributed by atoms with Crippen molar-refractivity contribution < 1.29 is 13.2 Å². The van der Waals surface area contributed by atoms with Gasteiger partial charge < -0.3 is 5.32 Å². The van der Waals surface area contributed by atoms with Crippen molar-refractivity contribution in [3.05, 3.63) is 34.9 Å². The number of rotatable bonds is 5. The normalized spacial score (nSPS) is 20.6. The number of aryl methyl sites for hydroxylation is 2. The number of nitrogens with one attached hydrogen (secondary N) is 1. The summed E-state index contributed by atoms with van der Waals surface area (Å²) < 4.78 is 24.9. The molecule has 1 aromatic carbocycles. The van der Waals surface area contributed by atoms with Gasteiger partial charge in [-0.2, -0.15) is 0 Å². The Labute approximate surface area is 145 Å². The molecular weight excluding hydrogens is 324 g/mol. The Morgan fingerprint density at radius 3 is 2.67 bits per heavy atom. The SMILES string of the molecule is CCC(NC(=O)C1CCCN(S(C)(=O)=O)C1)c1ccc(C)cc1C. The summed E-state index contributed by atoms with van der Waals surface area (Å²) in [6.45, 7) is 6.96. The zero-order valence-electron chi connectivity index (χ0n) is 15.0. The summed E-state index contributed by atoms with van der Waals surface area (Å²) in [4.78, 5) is 12.7. The van der Waals surface area contributed by atoms with E-state index in [9.17, 15) is 13.2 Å². The second kappa shape index (κ2) is 7.66. The van der Waals surface area contributed by atoms with E-state index in [1.54, 1.807) is 0 Å². The molecule has 2 unspecified atom stereocenters. The molecule has 1 aliphatic rings. The van der Waals surface area contributed by atoms with Crippen LogP contribution < -0.4 is 5.32 Å². The van der Waals surface area contributed by atoms with Crippen LogP contribution in [0.2, 0.25) is 0 Å². The van der Waals surface area contributed by atoms with Crippen LogP contribution in [0, 0.1) is 19.8 Å². The number of carbonyl (C=O) groups excluding carboxylic acids is 1. The molecular formula is C18H28N2O3S. The summed E-state index contributed by atoms with van der Waals surface area (Å²) in [6.07, 6.45) is 3.47. The molecule has 1 amide bonds. The number of piperidine rings is 1. The Balaban J connectivity index is 2.09. The van der Waals surface area contributed by atoms with Gasteiger partial charge in [-0.25, -0.2) is 12.7 Å². The Morgan fingerprint density at radius 1 is 1.38 bits per heavy atom. The fraction of sp³-hybridized carbons (Fsp3) is 0.611. The van der Waals surface area contributed by atoms with Gasteiger partial charge in [0.25, 0.3) is 0 Å². The van der Waals surface area contributed by atoms with Gasteiger partial charge in [-0.3, -0.25) is 4.79 Å². The fourth-order valence-corrected chi connectivity index (χ4v) is 4.28. The van der Waals surface area contributed by atoms with E-state index in [0.717, 1.165) is 24.8 Å². The van der Waals surface area contributed by atoms with Crippen LogP contribution in [-0.4, -0.2) is 38.0 Å². The third-order valence-corrected chi connectivity index (χ3v) is 6.02. The maximum atomic E-state index is 12.7. The molecule has 5 nitrogen and oxygen atoms in total. The van der Waals surface area contributed by atoms with Crippen molar-refractivity contribution in [2.45, 2.75) is 46.1 Å². The quantitative estimate of drug-likeness (QED) is 0.885. The molecule has 0 bridgehead atoms. The van der Waals surface area contributed by atoms with Crippen molar-refractivity contribution >= 4 is 15.9 Å². The molecule has 24 heavy (non-hydrogen) atoms. The number of hydrogen-bond donors (Lipinski definition) is 1. The Bertz CT molecular complexity index is 700. The first-order valence-corrected chi connectivity index (χ1v) is 10.4. The van der Waals surface area contributed by atoms with Crippen LogP contribution >= 0.6 is 0 Å². The molecule has 1 aliphatic heterocycles. The Morgan fingerprint density at radius 2 is 2.08 bits per heavy atom. The van der Waals surface area contributed by atoms with Crippen molar-refractivity contribution in [1.82, 2.24) is 9.62 Å². The van der Waals surface area contributed by atoms with Crippen molar-refractivity contribution in [3.63, 3.8) is 0 Å². The van der Waals surface area contributed by atoms with Gasteiger partial charge in [-0.15, -0.1) is 0 Å². The lowest BCUT2D eigenvalue weighted by Crippen LogP contribution is -2.45. The van der Waals surface area contributed by atoms with E-state index in [1.165, 1.54) is 21.7 Å². The van der Waals surface area contributed by atoms with Gasteiger partial charge in [-0.05, 0) is 44.2 Å². The number of nitrogens with zero attached hydrogens (tertiary/aromatic N) is 1. The van der Waals surface area contributed by atoms with E-state index in [1.807, 2.05) is 6.92 Å². The first-order chi connectivity index (χ1) is 11.2. The molecule has 1 aromatic rings. The minimum atomic E-state index is -3.24. The van der Waals surface area contributed by atoms with Gasteiger partial charge in [-0.1, -0.05) is 30.7 Å². The second-order valence-electron chi connectivity index (χ2n) is 6.79. The number of benzene rings is 1. The van der Waals surface area contributed by atoms with Crippen molar-refractivity contribution in [2.75, 3.05) is 19.3 Å². The summed E-state index contributed by atoms with van der Waals surface area (Å²) in [7, 11) is -3.24. The largest absolute Gasteiger partial charge is 0.349 e. The molecule has 0 radical (unpaired) electrons. The molecule has 6 heteroatoms. The smallest absolute Gasteiger partial charge is 0.224 e. The molecule has 0 aliphatic carbocycles. The molecule has 2 rings (SSSR count). The predicted octanol–water partition coefficient (Wildman–Crippen LogP) is 2.54. The van der Waals surface area contributed by atoms with Crippen LogP contribution in [0.15, 0.2) is 18.2 Å². The lowest BCUT2D eigenvalue weighted by molar-refractivity contribution is -0.126. The van der Waals surface area contributed by atoms with Gasteiger partial charge in [0, 0.05) is 13.1 Å². The molecule has 1 N–H and O–H groups in total. The number of amides is 1. The topological polar surface area (TPSA) is 66.5 Å². The fourth-order valence-electron chi connectivity index (χ4n) is 3.36. The monoisotopic (exact) mass is 352 g/mol. The van der Waals surface area contributed by atoms with E-state index in [-0.39, 0.29) is 24.4 Å². The minimum Gasteiger partial charge on any atom is -0.349 e. The summed E-state index contributed by atoms with van der Waals surface area (Å²) in [5.74, 6) is -0.316. The third kappa shape index (κ3) is 4.57. The van der Waals surface area contributed by atoms with Crippen molar-refractivity contribution in [3.8, 4) is 0 Å². The molecule has 0 saturated carbocycles. The summed E-state index contributed by atoms with van der Waals surface area (Å²) in [5, 5.41) is 3.12. The molecule has 1 fully saturated rings. The average Bonchev–Trinajstić information content (AvgIpc) is 2.52. The Hall–Kier alpha value is -1.40. The lowest BCUT2D eigenvalue weighted by atomic mass is 9.95. The highest BCUT2D eigenvalue weighted by Crippen LogP contribution is 2.24. The maximum Gasteiger partial charge on any atom is 0.224 e. The van der Waals surface area contributed by atoms with Crippen LogP contribution in [0.3, 0.4) is 0 Å². The zero-order chi connectivity index (χ0) is 17.9. The lowest BCUT2D eigenvalue weighted by Gasteiger charge is -2.31. The number of carbonyl (C=O) groups is 1. The van der Waals surface area contributed by atoms with Gasteiger partial charge in [0.15, 0.2) is 0 Å². The van der Waals surface area contributed by atoms with E-state index >= 15 is 0 Å². The van der Waals surface area contributed by atoms with Crippen molar-refractivity contribution in [1.29, 1.82) is 0 Å². The average molecular weight is 353 g/mol. The maximum absolute atomic E-state index is 12.7. The molecule has 1 heterocycles. The zero-order valence-corrected chi connectivity index (χ0v) is 15.8. The van der Waals surface area contributed by atoms with Crippen LogP contribution in [0.4, 0.5) is 0 Å². The highest BCUT2D eigenvalue weighted by Gasteiger charge is 2.31. The van der Waals surface area contributed by atoms with Crippen LogP contribution in [-0.2, 0) is 14.8 Å². The highest BCUT2D eigenvalue weighted by molar-refractivity contribution is 7.88. The third-order valence-electron chi connectivity index (χ3n) is 4.75. The van der Waals surface area contributed by atoms with E-state index < -0.39 is 10.0 Å². The number of hydrogen-bond acceptors (Lipinski definition) is 3.